The highest BCUT2D eigenvalue weighted by atomic mass is 32.2. The Morgan fingerprint density at radius 2 is 2.05 bits per heavy atom. The number of hydrogen-bond donors (Lipinski definition) is 2. The van der Waals surface area contributed by atoms with Gasteiger partial charge in [-0.2, -0.15) is 11.8 Å². The molecule has 0 radical (unpaired) electrons. The average Bonchev–Trinajstić information content (AvgIpc) is 2.42. The highest BCUT2D eigenvalue weighted by Crippen LogP contribution is 2.27. The molecule has 1 rings (SSSR count). The topological polar surface area (TPSA) is 118 Å². The Hall–Kier alpha value is -1.81. The molecule has 0 saturated carbocycles. The van der Waals surface area contributed by atoms with Crippen LogP contribution >= 0.6 is 11.8 Å². The lowest BCUT2D eigenvalue weighted by molar-refractivity contribution is -0.384. The molecule has 8 nitrogen and oxygen atoms in total. The molecular weight excluding hydrogens is 330 g/mol. The molecule has 0 aliphatic carbocycles. The van der Waals surface area contributed by atoms with Gasteiger partial charge in [-0.15, -0.1) is 0 Å². The third-order valence-electron chi connectivity index (χ3n) is 2.63. The lowest BCUT2D eigenvalue weighted by Crippen LogP contribution is -2.30. The van der Waals surface area contributed by atoms with Crippen molar-refractivity contribution < 1.29 is 18.1 Å². The van der Waals surface area contributed by atoms with Gasteiger partial charge >= 0.3 is 0 Å². The van der Waals surface area contributed by atoms with E-state index in [-0.39, 0.29) is 22.2 Å². The van der Waals surface area contributed by atoms with Gasteiger partial charge in [-0.1, -0.05) is 0 Å². The molecule has 0 aromatic heterocycles. The minimum Gasteiger partial charge on any atom is -0.378 e. The summed E-state index contributed by atoms with van der Waals surface area (Å²) in [7, 11) is -3.51. The summed E-state index contributed by atoms with van der Waals surface area (Å²) in [4.78, 5) is 21.5. The van der Waals surface area contributed by atoms with Gasteiger partial charge in [0, 0.05) is 25.4 Å². The van der Waals surface area contributed by atoms with Gasteiger partial charge in [0.2, 0.25) is 5.91 Å². The number of nitro benzene ring substituents is 1. The summed E-state index contributed by atoms with van der Waals surface area (Å²) in [5.41, 5.74) is -0.116. The molecule has 0 aliphatic rings. The fourth-order valence-electron chi connectivity index (χ4n) is 1.62. The minimum absolute atomic E-state index is 0.113. The van der Waals surface area contributed by atoms with Crippen LogP contribution in [0.3, 0.4) is 0 Å². The molecule has 1 amide bonds. The predicted molar refractivity (Wildman–Crippen MR) is 86.1 cm³/mol. The number of carbonyl (C=O) groups excluding carboxylic acids is 1. The van der Waals surface area contributed by atoms with Crippen molar-refractivity contribution in [2.24, 2.45) is 0 Å². The monoisotopic (exact) mass is 347 g/mol. The number of nitrogens with zero attached hydrogens (tertiary/aromatic N) is 1. The smallest absolute Gasteiger partial charge is 0.293 e. The number of nitro groups is 1. The second kappa shape index (κ2) is 7.99. The maximum atomic E-state index is 11.4. The molecule has 0 bridgehead atoms. The number of sulfone groups is 1. The Morgan fingerprint density at radius 3 is 2.59 bits per heavy atom. The van der Waals surface area contributed by atoms with Crippen LogP contribution in [0.15, 0.2) is 23.1 Å². The van der Waals surface area contributed by atoms with E-state index in [1.807, 2.05) is 6.26 Å². The molecule has 1 aromatic rings. The van der Waals surface area contributed by atoms with E-state index in [1.165, 1.54) is 23.9 Å². The van der Waals surface area contributed by atoms with Gasteiger partial charge in [0.05, 0.1) is 15.6 Å². The van der Waals surface area contributed by atoms with E-state index in [9.17, 15) is 23.3 Å². The fraction of sp³-hybridized carbons (Fsp3) is 0.417. The lowest BCUT2D eigenvalue weighted by atomic mass is 10.2. The average molecular weight is 347 g/mol. The van der Waals surface area contributed by atoms with Crippen LogP contribution in [0.25, 0.3) is 0 Å². The summed E-state index contributed by atoms with van der Waals surface area (Å²) in [5.74, 6) is 0.236. The van der Waals surface area contributed by atoms with Gasteiger partial charge in [-0.3, -0.25) is 14.9 Å². The number of anilines is 1. The third kappa shape index (κ3) is 5.53. The van der Waals surface area contributed by atoms with Gasteiger partial charge in [0.15, 0.2) is 9.84 Å². The molecule has 2 N–H and O–H groups in total. The van der Waals surface area contributed by atoms with Crippen molar-refractivity contribution in [3.05, 3.63) is 28.3 Å². The standard InChI is InChI=1S/C12H17N3O5S2/c1-21-8-12(16)14-6-5-13-10-4-3-9(22(2,19)20)7-11(10)15(17)18/h3-4,7,13H,5-6,8H2,1-2H3,(H,14,16). The maximum absolute atomic E-state index is 11.4. The molecule has 122 valence electrons. The van der Waals surface area contributed by atoms with Crippen molar-refractivity contribution in [2.75, 3.05) is 36.7 Å². The predicted octanol–water partition coefficient (Wildman–Crippen LogP) is 0.889. The Morgan fingerprint density at radius 1 is 1.36 bits per heavy atom. The van der Waals surface area contributed by atoms with Gasteiger partial charge < -0.3 is 10.6 Å². The van der Waals surface area contributed by atoms with E-state index in [0.717, 1.165) is 12.3 Å². The van der Waals surface area contributed by atoms with Gasteiger partial charge in [-0.05, 0) is 18.4 Å². The molecule has 0 heterocycles. The first-order chi connectivity index (χ1) is 10.3. The van der Waals surface area contributed by atoms with Crippen molar-refractivity contribution in [1.29, 1.82) is 0 Å². The summed E-state index contributed by atoms with van der Waals surface area (Å²) in [6, 6.07) is 3.67. The first-order valence-electron chi connectivity index (χ1n) is 6.23. The van der Waals surface area contributed by atoms with Crippen LogP contribution in [-0.2, 0) is 14.6 Å². The number of rotatable bonds is 8. The van der Waals surface area contributed by atoms with E-state index in [4.69, 9.17) is 0 Å². The summed E-state index contributed by atoms with van der Waals surface area (Å²) in [5, 5.41) is 16.5. The number of thioether (sulfide) groups is 1. The van der Waals surface area contributed by atoms with Gasteiger partial charge in [0.1, 0.15) is 5.69 Å². The van der Waals surface area contributed by atoms with Crippen LogP contribution in [0.2, 0.25) is 0 Å². The second-order valence-corrected chi connectivity index (χ2v) is 7.30. The zero-order chi connectivity index (χ0) is 16.8. The van der Waals surface area contributed by atoms with Crippen LogP contribution in [0.5, 0.6) is 0 Å². The van der Waals surface area contributed by atoms with Crippen LogP contribution in [0.1, 0.15) is 0 Å². The molecule has 0 atom stereocenters. The molecule has 0 spiro atoms. The number of nitrogens with one attached hydrogen (secondary N) is 2. The van der Waals surface area contributed by atoms with Crippen molar-refractivity contribution in [3.8, 4) is 0 Å². The Labute approximate surface area is 132 Å². The third-order valence-corrected chi connectivity index (χ3v) is 4.29. The summed E-state index contributed by atoms with van der Waals surface area (Å²) < 4.78 is 22.8. The van der Waals surface area contributed by atoms with Crippen LogP contribution < -0.4 is 10.6 Å². The van der Waals surface area contributed by atoms with E-state index in [0.29, 0.717) is 18.8 Å². The SMILES string of the molecule is CSCC(=O)NCCNc1ccc(S(C)(=O)=O)cc1[N+](=O)[O-]. The van der Waals surface area contributed by atoms with E-state index in [2.05, 4.69) is 10.6 Å². The molecule has 1 aromatic carbocycles. The zero-order valence-corrected chi connectivity index (χ0v) is 13.8. The zero-order valence-electron chi connectivity index (χ0n) is 12.2. The highest BCUT2D eigenvalue weighted by Gasteiger charge is 2.18. The van der Waals surface area contributed by atoms with Crippen molar-refractivity contribution in [3.63, 3.8) is 0 Å². The Balaban J connectivity index is 2.75. The van der Waals surface area contributed by atoms with E-state index < -0.39 is 14.8 Å². The first kappa shape index (κ1) is 18.2. The maximum Gasteiger partial charge on any atom is 0.293 e. The molecular formula is C12H17N3O5S2. The molecule has 0 unspecified atom stereocenters. The largest absolute Gasteiger partial charge is 0.378 e. The van der Waals surface area contributed by atoms with E-state index in [1.54, 1.807) is 0 Å². The molecule has 0 aliphatic heterocycles. The second-order valence-electron chi connectivity index (χ2n) is 4.42. The van der Waals surface area contributed by atoms with Crippen molar-refractivity contribution in [2.45, 2.75) is 4.90 Å². The summed E-state index contributed by atoms with van der Waals surface area (Å²) >= 11 is 1.40. The number of carbonyl (C=O) groups is 1. The molecule has 0 saturated heterocycles. The van der Waals surface area contributed by atoms with Crippen molar-refractivity contribution >= 4 is 38.9 Å². The molecule has 0 fully saturated rings. The van der Waals surface area contributed by atoms with Gasteiger partial charge in [0.25, 0.3) is 5.69 Å². The normalized spacial score (nSPS) is 11.0. The highest BCUT2D eigenvalue weighted by molar-refractivity contribution is 7.99. The minimum atomic E-state index is -3.51. The quantitative estimate of drug-likeness (QED) is 0.407. The summed E-state index contributed by atoms with van der Waals surface area (Å²) in [6.07, 6.45) is 2.80. The van der Waals surface area contributed by atoms with Crippen LogP contribution in [-0.4, -0.2) is 50.6 Å². The lowest BCUT2D eigenvalue weighted by Gasteiger charge is -2.09. The number of amides is 1. The summed E-state index contributed by atoms with van der Waals surface area (Å²) in [6.45, 7) is 0.601. The van der Waals surface area contributed by atoms with Crippen molar-refractivity contribution in [1.82, 2.24) is 5.32 Å². The van der Waals surface area contributed by atoms with Crippen LogP contribution in [0.4, 0.5) is 11.4 Å². The Bertz CT molecular complexity index is 661. The number of hydrogen-bond acceptors (Lipinski definition) is 7. The molecule has 22 heavy (non-hydrogen) atoms. The first-order valence-corrected chi connectivity index (χ1v) is 9.52. The Kier molecular flexibility index (Phi) is 6.62. The fourth-order valence-corrected chi connectivity index (χ4v) is 2.63. The molecule has 10 heteroatoms. The number of benzene rings is 1. The van der Waals surface area contributed by atoms with Gasteiger partial charge in [-0.25, -0.2) is 8.42 Å². The van der Waals surface area contributed by atoms with E-state index >= 15 is 0 Å². The van der Waals surface area contributed by atoms with Crippen LogP contribution in [0, 0.1) is 10.1 Å².